The normalized spacial score (nSPS) is 22.2. The predicted octanol–water partition coefficient (Wildman–Crippen LogP) is 1.56. The number of ether oxygens (including phenoxy) is 2. The number of carbonyl (C=O) groups excluding carboxylic acids is 2. The number of aliphatic hydroxyl groups excluding tert-OH is 2. The first-order chi connectivity index (χ1) is 17.4. The highest BCUT2D eigenvalue weighted by atomic mass is 19.1. The second kappa shape index (κ2) is 11.6. The smallest absolute Gasteiger partial charge is 0.247 e. The van der Waals surface area contributed by atoms with Crippen molar-refractivity contribution in [2.45, 2.75) is 37.0 Å². The summed E-state index contributed by atoms with van der Waals surface area (Å²) in [5.41, 5.74) is 1.85. The molecule has 0 bridgehead atoms. The summed E-state index contributed by atoms with van der Waals surface area (Å²) >= 11 is 0. The van der Waals surface area contributed by atoms with Crippen LogP contribution in [-0.4, -0.2) is 78.6 Å². The maximum atomic E-state index is 13.7. The Hall–Kier alpha value is -3.27. The zero-order chi connectivity index (χ0) is 25.7. The van der Waals surface area contributed by atoms with Crippen molar-refractivity contribution in [2.75, 3.05) is 33.4 Å². The number of nitrogens with zero attached hydrogens (tertiary/aromatic N) is 1. The molecular formula is C27H31FN2O6. The molecule has 0 saturated heterocycles. The van der Waals surface area contributed by atoms with E-state index in [9.17, 15) is 24.2 Å². The SMILES string of the molecule is COCCC(=O)N(CCc1cccc(F)c1)C1C=C(C(=O)NCCO)C2c3ccccc3OC2C1O. The summed E-state index contributed by atoms with van der Waals surface area (Å²) < 4.78 is 24.9. The van der Waals surface area contributed by atoms with E-state index in [1.165, 1.54) is 24.1 Å². The predicted molar refractivity (Wildman–Crippen MR) is 130 cm³/mol. The van der Waals surface area contributed by atoms with Crippen LogP contribution < -0.4 is 10.1 Å². The lowest BCUT2D eigenvalue weighted by Crippen LogP contribution is -2.56. The number of para-hydroxylation sites is 1. The molecule has 1 heterocycles. The van der Waals surface area contributed by atoms with Gasteiger partial charge >= 0.3 is 0 Å². The molecule has 36 heavy (non-hydrogen) atoms. The summed E-state index contributed by atoms with van der Waals surface area (Å²) in [5, 5.41) is 23.3. The average Bonchev–Trinajstić information content (AvgIpc) is 3.27. The number of aliphatic hydroxyl groups is 2. The van der Waals surface area contributed by atoms with E-state index in [1.54, 1.807) is 24.3 Å². The summed E-state index contributed by atoms with van der Waals surface area (Å²) in [6.45, 7) is 0.237. The van der Waals surface area contributed by atoms with Gasteiger partial charge in [0.05, 0.1) is 31.6 Å². The number of carbonyl (C=O) groups is 2. The molecule has 2 aliphatic rings. The molecule has 8 nitrogen and oxygen atoms in total. The highest BCUT2D eigenvalue weighted by Gasteiger charge is 2.50. The van der Waals surface area contributed by atoms with Crippen molar-refractivity contribution in [1.29, 1.82) is 0 Å². The van der Waals surface area contributed by atoms with Crippen LogP contribution in [0.15, 0.2) is 60.2 Å². The third-order valence-electron chi connectivity index (χ3n) is 6.61. The van der Waals surface area contributed by atoms with Gasteiger partial charge in [-0.3, -0.25) is 9.59 Å². The van der Waals surface area contributed by atoms with Crippen molar-refractivity contribution in [3.05, 3.63) is 77.1 Å². The van der Waals surface area contributed by atoms with Crippen LogP contribution in [-0.2, 0) is 20.7 Å². The molecule has 2 aromatic carbocycles. The van der Waals surface area contributed by atoms with Crippen LogP contribution in [0.1, 0.15) is 23.5 Å². The molecule has 0 radical (unpaired) electrons. The van der Waals surface area contributed by atoms with Crippen molar-refractivity contribution in [3.63, 3.8) is 0 Å². The molecule has 0 fully saturated rings. The lowest BCUT2D eigenvalue weighted by molar-refractivity contribution is -0.138. The van der Waals surface area contributed by atoms with Crippen LogP contribution in [0.4, 0.5) is 4.39 Å². The number of benzene rings is 2. The molecular weight excluding hydrogens is 467 g/mol. The summed E-state index contributed by atoms with van der Waals surface area (Å²) in [5.74, 6) is -0.983. The number of hydrogen-bond acceptors (Lipinski definition) is 6. The van der Waals surface area contributed by atoms with E-state index in [2.05, 4.69) is 5.32 Å². The van der Waals surface area contributed by atoms with Crippen LogP contribution in [0.3, 0.4) is 0 Å². The first-order valence-electron chi connectivity index (χ1n) is 12.0. The summed E-state index contributed by atoms with van der Waals surface area (Å²) in [7, 11) is 1.50. The van der Waals surface area contributed by atoms with E-state index in [0.29, 0.717) is 23.3 Å². The van der Waals surface area contributed by atoms with Crippen LogP contribution >= 0.6 is 0 Å². The second-order valence-electron chi connectivity index (χ2n) is 8.89. The number of halogens is 1. The van der Waals surface area contributed by atoms with E-state index < -0.39 is 30.1 Å². The largest absolute Gasteiger partial charge is 0.486 e. The van der Waals surface area contributed by atoms with Gasteiger partial charge in [0.2, 0.25) is 11.8 Å². The Morgan fingerprint density at radius 2 is 2.00 bits per heavy atom. The van der Waals surface area contributed by atoms with Crippen LogP contribution in [0.25, 0.3) is 0 Å². The molecule has 2 amide bonds. The average molecular weight is 499 g/mol. The number of amides is 2. The van der Waals surface area contributed by atoms with Crippen molar-refractivity contribution in [1.82, 2.24) is 10.2 Å². The van der Waals surface area contributed by atoms with E-state index in [4.69, 9.17) is 9.47 Å². The van der Waals surface area contributed by atoms with Gasteiger partial charge in [-0.2, -0.15) is 0 Å². The first-order valence-corrected chi connectivity index (χ1v) is 12.0. The molecule has 4 rings (SSSR count). The first kappa shape index (κ1) is 25.8. The fraction of sp³-hybridized carbons (Fsp3) is 0.407. The van der Waals surface area contributed by atoms with Gasteiger partial charge in [-0.05, 0) is 36.3 Å². The molecule has 9 heteroatoms. The number of fused-ring (bicyclic) bond motifs is 3. The van der Waals surface area contributed by atoms with Crippen LogP contribution in [0, 0.1) is 5.82 Å². The minimum atomic E-state index is -1.12. The number of rotatable bonds is 10. The zero-order valence-corrected chi connectivity index (χ0v) is 20.1. The van der Waals surface area contributed by atoms with Crippen molar-refractivity contribution in [3.8, 4) is 5.75 Å². The van der Waals surface area contributed by atoms with Crippen molar-refractivity contribution >= 4 is 11.8 Å². The number of methoxy groups -OCH3 is 1. The lowest BCUT2D eigenvalue weighted by atomic mass is 9.77. The molecule has 4 atom stereocenters. The number of hydrogen-bond donors (Lipinski definition) is 3. The molecule has 0 saturated carbocycles. The van der Waals surface area contributed by atoms with Gasteiger partial charge in [-0.15, -0.1) is 0 Å². The van der Waals surface area contributed by atoms with E-state index in [0.717, 1.165) is 5.56 Å². The molecule has 4 unspecified atom stereocenters. The van der Waals surface area contributed by atoms with Crippen molar-refractivity contribution < 1.29 is 33.7 Å². The van der Waals surface area contributed by atoms with Gasteiger partial charge in [0.15, 0.2) is 0 Å². The highest BCUT2D eigenvalue weighted by molar-refractivity contribution is 5.96. The molecule has 1 aliphatic carbocycles. The van der Waals surface area contributed by atoms with E-state index in [1.807, 2.05) is 18.2 Å². The molecule has 0 aromatic heterocycles. The minimum absolute atomic E-state index is 0.0688. The van der Waals surface area contributed by atoms with E-state index in [-0.39, 0.29) is 44.4 Å². The third-order valence-corrected chi connectivity index (χ3v) is 6.61. The summed E-state index contributed by atoms with van der Waals surface area (Å²) in [4.78, 5) is 27.9. The Morgan fingerprint density at radius 3 is 2.75 bits per heavy atom. The van der Waals surface area contributed by atoms with Gasteiger partial charge in [0.1, 0.15) is 23.8 Å². The van der Waals surface area contributed by atoms with Crippen LogP contribution in [0.2, 0.25) is 0 Å². The second-order valence-corrected chi connectivity index (χ2v) is 8.89. The fourth-order valence-electron chi connectivity index (χ4n) is 4.91. The molecule has 2 aromatic rings. The van der Waals surface area contributed by atoms with Gasteiger partial charge in [-0.1, -0.05) is 30.3 Å². The van der Waals surface area contributed by atoms with Gasteiger partial charge in [0, 0.05) is 31.3 Å². The van der Waals surface area contributed by atoms with Gasteiger partial charge in [-0.25, -0.2) is 4.39 Å². The van der Waals surface area contributed by atoms with Crippen LogP contribution in [0.5, 0.6) is 5.75 Å². The molecule has 1 aliphatic heterocycles. The molecule has 0 spiro atoms. The van der Waals surface area contributed by atoms with Crippen molar-refractivity contribution in [2.24, 2.45) is 0 Å². The zero-order valence-electron chi connectivity index (χ0n) is 20.1. The highest BCUT2D eigenvalue weighted by Crippen LogP contribution is 2.47. The Bertz CT molecular complexity index is 1120. The number of nitrogens with one attached hydrogen (secondary N) is 1. The third kappa shape index (κ3) is 5.43. The Balaban J connectivity index is 1.69. The standard InChI is InChI=1S/C27H31FN2O6/c1-35-14-10-23(32)30(12-9-17-5-4-6-18(28)15-17)21-16-20(27(34)29-11-13-31)24-19-7-2-3-8-22(19)36-26(24)25(21)33/h2-8,15-16,21,24-26,31,33H,9-14H2,1H3,(H,29,34). The maximum Gasteiger partial charge on any atom is 0.247 e. The monoisotopic (exact) mass is 498 g/mol. The lowest BCUT2D eigenvalue weighted by Gasteiger charge is -2.40. The molecule has 192 valence electrons. The summed E-state index contributed by atoms with van der Waals surface area (Å²) in [6, 6.07) is 12.6. The maximum absolute atomic E-state index is 13.7. The summed E-state index contributed by atoms with van der Waals surface area (Å²) in [6.07, 6.45) is 0.169. The van der Waals surface area contributed by atoms with Gasteiger partial charge in [0.25, 0.3) is 0 Å². The Morgan fingerprint density at radius 1 is 1.19 bits per heavy atom. The van der Waals surface area contributed by atoms with E-state index >= 15 is 0 Å². The quantitative estimate of drug-likeness (QED) is 0.459. The fourth-order valence-corrected chi connectivity index (χ4v) is 4.91. The van der Waals surface area contributed by atoms with Gasteiger partial charge < -0.3 is 29.9 Å². The Labute approximate surface area is 209 Å². The molecule has 3 N–H and O–H groups in total. The minimum Gasteiger partial charge on any atom is -0.486 e. The topological polar surface area (TPSA) is 108 Å². The Kier molecular flexibility index (Phi) is 8.35.